The zero-order chi connectivity index (χ0) is 9.61. The quantitative estimate of drug-likeness (QED) is 0.400. The molecule has 0 amide bonds. The Balaban J connectivity index is 4.16. The fourth-order valence-electron chi connectivity index (χ4n) is 0.552. The summed E-state index contributed by atoms with van der Waals surface area (Å²) < 4.78 is 0. The molecule has 0 heterocycles. The minimum absolute atomic E-state index is 0.200. The maximum Gasteiger partial charge on any atom is 0.00339 e. The molecule has 2 heteroatoms. The minimum Gasteiger partial charge on any atom is -0.143 e. The second-order valence-corrected chi connectivity index (χ2v) is 4.85. The van der Waals surface area contributed by atoms with E-state index >= 15 is 0 Å². The van der Waals surface area contributed by atoms with Crippen molar-refractivity contribution in [1.82, 2.24) is 0 Å². The Morgan fingerprint density at radius 1 is 1.67 bits per heavy atom. The van der Waals surface area contributed by atoms with Gasteiger partial charge in [-0.3, -0.25) is 0 Å². The van der Waals surface area contributed by atoms with Crippen LogP contribution in [0, 0.1) is 0 Å². The van der Waals surface area contributed by atoms with Crippen LogP contribution in [0.1, 0.15) is 20.3 Å². The molecule has 0 N–H and O–H groups in total. The van der Waals surface area contributed by atoms with Crippen molar-refractivity contribution < 1.29 is 0 Å². The molecule has 0 nitrogen and oxygen atoms in total. The van der Waals surface area contributed by atoms with Crippen LogP contribution in [0.3, 0.4) is 0 Å². The van der Waals surface area contributed by atoms with Gasteiger partial charge in [0.2, 0.25) is 0 Å². The van der Waals surface area contributed by atoms with Crippen LogP contribution < -0.4 is 0 Å². The van der Waals surface area contributed by atoms with E-state index in [0.717, 1.165) is 11.3 Å². The van der Waals surface area contributed by atoms with Crippen LogP contribution in [0.2, 0.25) is 0 Å². The van der Waals surface area contributed by atoms with Crippen LogP contribution in [-0.4, -0.2) is 5.16 Å². The first-order valence-electron chi connectivity index (χ1n) is 4.01. The highest BCUT2D eigenvalue weighted by molar-refractivity contribution is 7.84. The number of rotatable bonds is 4. The maximum absolute atomic E-state index is 4.17. The van der Waals surface area contributed by atoms with Gasteiger partial charge in [-0.2, -0.15) is 0 Å². The van der Waals surface area contributed by atoms with E-state index in [4.69, 9.17) is 0 Å². The smallest absolute Gasteiger partial charge is 0.00339 e. The lowest BCUT2D eigenvalue weighted by Crippen LogP contribution is -2.08. The molecule has 0 rings (SSSR count). The lowest BCUT2D eigenvalue weighted by molar-refractivity contribution is 0.755. The second-order valence-electron chi connectivity index (χ2n) is 3.01. The summed E-state index contributed by atoms with van der Waals surface area (Å²) in [5, 5.41) is 0.200. The first kappa shape index (κ1) is 12.0. The third-order valence-corrected chi connectivity index (χ3v) is 2.65. The predicted octanol–water partition coefficient (Wildman–Crippen LogP) is 3.59. The Hall–Kier alpha value is -0.0000000000000000555. The Morgan fingerprint density at radius 2 is 2.25 bits per heavy atom. The Kier molecular flexibility index (Phi) is 5.61. The highest BCUT2D eigenvalue weighted by atomic mass is 32.1. The average Bonchev–Trinajstić information content (AvgIpc) is 2.04. The van der Waals surface area contributed by atoms with Gasteiger partial charge in [-0.05, 0) is 17.7 Å². The maximum atomic E-state index is 4.17. The van der Waals surface area contributed by atoms with E-state index < -0.39 is 0 Å². The van der Waals surface area contributed by atoms with Gasteiger partial charge in [0.25, 0.3) is 0 Å². The molecular formula is C10H17PS. The molecule has 0 fully saturated rings. The van der Waals surface area contributed by atoms with Crippen LogP contribution in [-0.2, 0) is 0 Å². The van der Waals surface area contributed by atoms with Gasteiger partial charge in [-0.25, -0.2) is 0 Å². The van der Waals surface area contributed by atoms with E-state index in [0.29, 0.717) is 0 Å². The first-order valence-corrected chi connectivity index (χ1v) is 5.04. The molecule has 0 aliphatic carbocycles. The van der Waals surface area contributed by atoms with Gasteiger partial charge < -0.3 is 0 Å². The van der Waals surface area contributed by atoms with Crippen LogP contribution in [0.5, 0.6) is 0 Å². The molecule has 0 aromatic heterocycles. The molecule has 68 valence electrons. The lowest BCUT2D eigenvalue weighted by Gasteiger charge is -2.15. The lowest BCUT2D eigenvalue weighted by atomic mass is 10.1. The van der Waals surface area contributed by atoms with E-state index in [1.807, 2.05) is 12.2 Å². The summed E-state index contributed by atoms with van der Waals surface area (Å²) >= 11 is 4.17. The van der Waals surface area contributed by atoms with Crippen LogP contribution in [0.4, 0.5) is 0 Å². The van der Waals surface area contributed by atoms with Crippen LogP contribution in [0.15, 0.2) is 35.8 Å². The van der Waals surface area contributed by atoms with Gasteiger partial charge in [0.1, 0.15) is 0 Å². The SMILES string of the molecule is C=C/C(S)=C\C=C/C(C)(P)CC. The average molecular weight is 200 g/mol. The summed E-state index contributed by atoms with van der Waals surface area (Å²) in [6.07, 6.45) is 8.93. The van der Waals surface area contributed by atoms with Crippen molar-refractivity contribution in [3.05, 3.63) is 35.8 Å². The monoisotopic (exact) mass is 200 g/mol. The van der Waals surface area contributed by atoms with Crippen molar-refractivity contribution in [3.63, 3.8) is 0 Å². The third kappa shape index (κ3) is 5.62. The van der Waals surface area contributed by atoms with E-state index in [1.54, 1.807) is 6.08 Å². The normalized spacial score (nSPS) is 17.8. The van der Waals surface area contributed by atoms with Crippen molar-refractivity contribution in [1.29, 1.82) is 0 Å². The molecule has 0 aromatic rings. The zero-order valence-corrected chi connectivity index (χ0v) is 9.80. The number of hydrogen-bond acceptors (Lipinski definition) is 1. The highest BCUT2D eigenvalue weighted by Gasteiger charge is 2.08. The fraction of sp³-hybridized carbons (Fsp3) is 0.400. The summed E-state index contributed by atoms with van der Waals surface area (Å²) in [7, 11) is 2.82. The summed E-state index contributed by atoms with van der Waals surface area (Å²) in [5.41, 5.74) is 0. The molecule has 0 saturated heterocycles. The molecule has 0 aliphatic rings. The molecule has 0 bridgehead atoms. The van der Waals surface area contributed by atoms with Crippen molar-refractivity contribution >= 4 is 21.9 Å². The van der Waals surface area contributed by atoms with Crippen LogP contribution in [0.25, 0.3) is 0 Å². The van der Waals surface area contributed by atoms with Gasteiger partial charge in [0.05, 0.1) is 0 Å². The zero-order valence-electron chi connectivity index (χ0n) is 7.75. The molecular weight excluding hydrogens is 183 g/mol. The largest absolute Gasteiger partial charge is 0.143 e. The van der Waals surface area contributed by atoms with Crippen molar-refractivity contribution in [2.24, 2.45) is 0 Å². The van der Waals surface area contributed by atoms with Gasteiger partial charge in [0, 0.05) is 4.91 Å². The van der Waals surface area contributed by atoms with E-state index in [2.05, 4.69) is 48.4 Å². The summed E-state index contributed by atoms with van der Waals surface area (Å²) in [6.45, 7) is 7.95. The molecule has 0 radical (unpaired) electrons. The molecule has 0 aliphatic heterocycles. The summed E-state index contributed by atoms with van der Waals surface area (Å²) in [5.74, 6) is 0. The number of hydrogen-bond donors (Lipinski definition) is 1. The molecule has 2 unspecified atom stereocenters. The van der Waals surface area contributed by atoms with Crippen molar-refractivity contribution in [2.45, 2.75) is 25.4 Å². The van der Waals surface area contributed by atoms with Gasteiger partial charge >= 0.3 is 0 Å². The highest BCUT2D eigenvalue weighted by Crippen LogP contribution is 2.23. The van der Waals surface area contributed by atoms with Crippen molar-refractivity contribution in [3.8, 4) is 0 Å². The molecule has 0 aromatic carbocycles. The summed E-state index contributed by atoms with van der Waals surface area (Å²) in [4.78, 5) is 0.892. The minimum atomic E-state index is 0.200. The van der Waals surface area contributed by atoms with Gasteiger partial charge in [-0.1, -0.05) is 38.7 Å². The Bertz CT molecular complexity index is 202. The topological polar surface area (TPSA) is 0 Å². The van der Waals surface area contributed by atoms with E-state index in [9.17, 15) is 0 Å². The standard InChI is InChI=1S/C10H17PS/c1-4-9(12)7-6-8-10(3,11)5-2/h4,6-8,12H,1,5,11H2,2-3H3/b8-6-,9-7+. The fourth-order valence-corrected chi connectivity index (χ4v) is 0.750. The van der Waals surface area contributed by atoms with Crippen LogP contribution >= 0.6 is 21.9 Å². The van der Waals surface area contributed by atoms with E-state index in [-0.39, 0.29) is 5.16 Å². The number of allylic oxidation sites excluding steroid dienone is 4. The molecule has 0 saturated carbocycles. The number of thiol groups is 1. The molecule has 12 heavy (non-hydrogen) atoms. The first-order chi connectivity index (χ1) is 5.52. The molecule has 2 atom stereocenters. The predicted molar refractivity (Wildman–Crippen MR) is 64.8 cm³/mol. The summed E-state index contributed by atoms with van der Waals surface area (Å²) in [6, 6.07) is 0. The third-order valence-electron chi connectivity index (χ3n) is 1.71. The van der Waals surface area contributed by atoms with Gasteiger partial charge in [-0.15, -0.1) is 21.9 Å². The van der Waals surface area contributed by atoms with Gasteiger partial charge in [0.15, 0.2) is 0 Å². The Labute approximate surface area is 83.4 Å². The van der Waals surface area contributed by atoms with Crippen molar-refractivity contribution in [2.75, 3.05) is 0 Å². The van der Waals surface area contributed by atoms with E-state index in [1.165, 1.54) is 0 Å². The molecule has 0 spiro atoms. The second kappa shape index (κ2) is 5.61. The Morgan fingerprint density at radius 3 is 2.67 bits per heavy atom.